The second kappa shape index (κ2) is 7.51. The van der Waals surface area contributed by atoms with E-state index in [4.69, 9.17) is 9.47 Å². The van der Waals surface area contributed by atoms with Gasteiger partial charge in [0.25, 0.3) is 0 Å². The van der Waals surface area contributed by atoms with Crippen LogP contribution in [0.25, 0.3) is 0 Å². The summed E-state index contributed by atoms with van der Waals surface area (Å²) in [4.78, 5) is 0. The number of hydrogen-bond donors (Lipinski definition) is 1. The Morgan fingerprint density at radius 3 is 3.00 bits per heavy atom. The molecule has 1 saturated heterocycles. The fourth-order valence-electron chi connectivity index (χ4n) is 2.20. The quantitative estimate of drug-likeness (QED) is 0.855. The average Bonchev–Trinajstić information content (AvgIpc) is 2.44. The Morgan fingerprint density at radius 2 is 2.26 bits per heavy atom. The number of benzene rings is 1. The van der Waals surface area contributed by atoms with Crippen LogP contribution in [0, 0.1) is 0 Å². The molecule has 1 N–H and O–H groups in total. The van der Waals surface area contributed by atoms with Crippen molar-refractivity contribution in [2.45, 2.75) is 51.8 Å². The minimum atomic E-state index is 0.270. The molecule has 1 heterocycles. The number of hydrogen-bond acceptors (Lipinski definition) is 3. The van der Waals surface area contributed by atoms with Crippen LogP contribution in [-0.4, -0.2) is 25.4 Å². The van der Waals surface area contributed by atoms with E-state index in [1.807, 2.05) is 6.07 Å². The average molecular weight is 263 g/mol. The highest BCUT2D eigenvalue weighted by Gasteiger charge is 2.14. The molecule has 1 aliphatic heterocycles. The summed E-state index contributed by atoms with van der Waals surface area (Å²) < 4.78 is 11.5. The molecule has 19 heavy (non-hydrogen) atoms. The van der Waals surface area contributed by atoms with Gasteiger partial charge in [0.15, 0.2) is 0 Å². The second-order valence-corrected chi connectivity index (χ2v) is 5.48. The van der Waals surface area contributed by atoms with Crippen molar-refractivity contribution >= 4 is 0 Å². The maximum Gasteiger partial charge on any atom is 0.119 e. The minimum absolute atomic E-state index is 0.270. The maximum absolute atomic E-state index is 5.84. The molecule has 1 atom stereocenters. The lowest BCUT2D eigenvalue weighted by Crippen LogP contribution is -2.25. The first-order valence-corrected chi connectivity index (χ1v) is 7.31. The molecule has 1 aromatic carbocycles. The van der Waals surface area contributed by atoms with Gasteiger partial charge in [0.1, 0.15) is 12.4 Å². The van der Waals surface area contributed by atoms with E-state index in [9.17, 15) is 0 Å². The molecule has 3 nitrogen and oxygen atoms in total. The molecule has 2 rings (SSSR count). The number of rotatable bonds is 6. The van der Waals surface area contributed by atoms with Crippen LogP contribution in [-0.2, 0) is 11.3 Å². The van der Waals surface area contributed by atoms with E-state index in [-0.39, 0.29) is 6.10 Å². The molecule has 106 valence electrons. The summed E-state index contributed by atoms with van der Waals surface area (Å²) in [7, 11) is 0. The van der Waals surface area contributed by atoms with E-state index in [1.54, 1.807) is 0 Å². The van der Waals surface area contributed by atoms with Gasteiger partial charge in [-0.15, -0.1) is 0 Å². The summed E-state index contributed by atoms with van der Waals surface area (Å²) in [6.45, 7) is 6.74. The SMILES string of the molecule is CC(C)NCc1cccc(OCC2CCCCO2)c1. The van der Waals surface area contributed by atoms with Crippen molar-refractivity contribution in [1.29, 1.82) is 0 Å². The molecule has 0 aromatic heterocycles. The summed E-state index contributed by atoms with van der Waals surface area (Å²) >= 11 is 0. The normalized spacial score (nSPS) is 19.6. The molecule has 3 heteroatoms. The van der Waals surface area contributed by atoms with Gasteiger partial charge in [-0.05, 0) is 37.0 Å². The molecule has 0 saturated carbocycles. The van der Waals surface area contributed by atoms with Crippen LogP contribution < -0.4 is 10.1 Å². The van der Waals surface area contributed by atoms with Gasteiger partial charge in [0.05, 0.1) is 6.10 Å². The van der Waals surface area contributed by atoms with E-state index in [0.717, 1.165) is 25.3 Å². The van der Waals surface area contributed by atoms with Gasteiger partial charge in [-0.25, -0.2) is 0 Å². The molecular weight excluding hydrogens is 238 g/mol. The zero-order chi connectivity index (χ0) is 13.5. The fourth-order valence-corrected chi connectivity index (χ4v) is 2.20. The molecule has 0 amide bonds. The molecule has 1 fully saturated rings. The highest BCUT2D eigenvalue weighted by Crippen LogP contribution is 2.17. The van der Waals surface area contributed by atoms with Crippen LogP contribution >= 0.6 is 0 Å². The van der Waals surface area contributed by atoms with Gasteiger partial charge in [0.2, 0.25) is 0 Å². The topological polar surface area (TPSA) is 30.5 Å². The Hall–Kier alpha value is -1.06. The lowest BCUT2D eigenvalue weighted by Gasteiger charge is -2.22. The maximum atomic E-state index is 5.84. The van der Waals surface area contributed by atoms with Gasteiger partial charge in [-0.2, -0.15) is 0 Å². The first-order valence-electron chi connectivity index (χ1n) is 7.31. The Labute approximate surface area is 116 Å². The third kappa shape index (κ3) is 5.21. The summed E-state index contributed by atoms with van der Waals surface area (Å²) in [5, 5.41) is 3.41. The summed E-state index contributed by atoms with van der Waals surface area (Å²) in [6.07, 6.45) is 3.83. The standard InChI is InChI=1S/C16H25NO2/c1-13(2)17-11-14-6-5-8-15(10-14)19-12-16-7-3-4-9-18-16/h5-6,8,10,13,16-17H,3-4,7,9,11-12H2,1-2H3. The predicted octanol–water partition coefficient (Wildman–Crippen LogP) is 3.13. The molecule has 0 radical (unpaired) electrons. The van der Waals surface area contributed by atoms with Crippen molar-refractivity contribution < 1.29 is 9.47 Å². The van der Waals surface area contributed by atoms with Gasteiger partial charge in [-0.1, -0.05) is 26.0 Å². The second-order valence-electron chi connectivity index (χ2n) is 5.48. The summed E-state index contributed by atoms with van der Waals surface area (Å²) in [5.41, 5.74) is 1.26. The van der Waals surface area contributed by atoms with E-state index < -0.39 is 0 Å². The minimum Gasteiger partial charge on any atom is -0.491 e. The van der Waals surface area contributed by atoms with Crippen LogP contribution in [0.2, 0.25) is 0 Å². The summed E-state index contributed by atoms with van der Waals surface area (Å²) in [6, 6.07) is 8.80. The number of nitrogens with one attached hydrogen (secondary N) is 1. The van der Waals surface area contributed by atoms with Crippen molar-refractivity contribution in [3.05, 3.63) is 29.8 Å². The van der Waals surface area contributed by atoms with Crippen LogP contribution in [0.3, 0.4) is 0 Å². The summed E-state index contributed by atoms with van der Waals surface area (Å²) in [5.74, 6) is 0.942. The highest BCUT2D eigenvalue weighted by molar-refractivity contribution is 5.28. The molecule has 1 aromatic rings. The van der Waals surface area contributed by atoms with Crippen molar-refractivity contribution in [3.63, 3.8) is 0 Å². The van der Waals surface area contributed by atoms with Crippen molar-refractivity contribution in [2.24, 2.45) is 0 Å². The van der Waals surface area contributed by atoms with E-state index in [1.165, 1.54) is 18.4 Å². The predicted molar refractivity (Wildman–Crippen MR) is 77.5 cm³/mol. The first-order chi connectivity index (χ1) is 9.24. The number of ether oxygens (including phenoxy) is 2. The molecule has 1 unspecified atom stereocenters. The smallest absolute Gasteiger partial charge is 0.119 e. The van der Waals surface area contributed by atoms with Gasteiger partial charge in [0, 0.05) is 19.2 Å². The Balaban J connectivity index is 1.80. The fraction of sp³-hybridized carbons (Fsp3) is 0.625. The monoisotopic (exact) mass is 263 g/mol. The van der Waals surface area contributed by atoms with Crippen LogP contribution in [0.4, 0.5) is 0 Å². The van der Waals surface area contributed by atoms with Crippen LogP contribution in [0.15, 0.2) is 24.3 Å². The largest absolute Gasteiger partial charge is 0.491 e. The van der Waals surface area contributed by atoms with E-state index >= 15 is 0 Å². The lowest BCUT2D eigenvalue weighted by molar-refractivity contribution is -0.0110. The Kier molecular flexibility index (Phi) is 5.67. The molecular formula is C16H25NO2. The van der Waals surface area contributed by atoms with Crippen LogP contribution in [0.5, 0.6) is 5.75 Å². The van der Waals surface area contributed by atoms with Gasteiger partial charge < -0.3 is 14.8 Å². The van der Waals surface area contributed by atoms with E-state index in [2.05, 4.69) is 37.4 Å². The van der Waals surface area contributed by atoms with Crippen molar-refractivity contribution in [1.82, 2.24) is 5.32 Å². The zero-order valence-corrected chi connectivity index (χ0v) is 12.0. The molecule has 0 spiro atoms. The van der Waals surface area contributed by atoms with Crippen molar-refractivity contribution in [3.8, 4) is 5.75 Å². The molecule has 0 aliphatic carbocycles. The van der Waals surface area contributed by atoms with Crippen molar-refractivity contribution in [2.75, 3.05) is 13.2 Å². The third-order valence-electron chi connectivity index (χ3n) is 3.32. The highest BCUT2D eigenvalue weighted by atomic mass is 16.5. The van der Waals surface area contributed by atoms with Gasteiger partial charge in [-0.3, -0.25) is 0 Å². The Bertz CT molecular complexity index is 373. The zero-order valence-electron chi connectivity index (χ0n) is 12.0. The van der Waals surface area contributed by atoms with E-state index in [0.29, 0.717) is 12.6 Å². The lowest BCUT2D eigenvalue weighted by atomic mass is 10.1. The van der Waals surface area contributed by atoms with Gasteiger partial charge >= 0.3 is 0 Å². The molecule has 1 aliphatic rings. The first kappa shape index (κ1) is 14.4. The third-order valence-corrected chi connectivity index (χ3v) is 3.32. The molecule has 0 bridgehead atoms. The Morgan fingerprint density at radius 1 is 1.37 bits per heavy atom. The van der Waals surface area contributed by atoms with Crippen LogP contribution in [0.1, 0.15) is 38.7 Å².